The predicted molar refractivity (Wildman–Crippen MR) is 139 cm³/mol. The van der Waals surface area contributed by atoms with E-state index in [2.05, 4.69) is 6.58 Å². The van der Waals surface area contributed by atoms with Crippen LogP contribution in [0.15, 0.2) is 36.9 Å². The van der Waals surface area contributed by atoms with E-state index >= 15 is 0 Å². The molecule has 2 fully saturated rings. The number of halogens is 4. The third-order valence-corrected chi connectivity index (χ3v) is 8.28. The van der Waals surface area contributed by atoms with Crippen molar-refractivity contribution in [2.75, 3.05) is 13.2 Å². The van der Waals surface area contributed by atoms with Gasteiger partial charge in [-0.25, -0.2) is 13.2 Å². The second kappa shape index (κ2) is 12.9. The molecule has 202 valence electrons. The van der Waals surface area contributed by atoms with E-state index in [0.29, 0.717) is 30.3 Å². The van der Waals surface area contributed by atoms with Gasteiger partial charge >= 0.3 is 0 Å². The standard InChI is InChI=1S/C31H38F4O2/c1-3-5-6-24-15-13-23(19-37-24)21-10-7-20(8-11-21)9-12-22-14-16-25(29(33)28(22)32)26-17-18-27(36-4-2)31(35)30(26)34/h3,14,16-18,20-21,23-24H,1,4-13,15,19H2,2H3. The lowest BCUT2D eigenvalue weighted by molar-refractivity contribution is -0.0415. The zero-order valence-corrected chi connectivity index (χ0v) is 21.7. The Morgan fingerprint density at radius 1 is 0.838 bits per heavy atom. The molecule has 1 saturated carbocycles. The predicted octanol–water partition coefficient (Wildman–Crippen LogP) is 8.81. The summed E-state index contributed by atoms with van der Waals surface area (Å²) in [4.78, 5) is 0. The molecule has 1 aliphatic heterocycles. The van der Waals surface area contributed by atoms with Crippen molar-refractivity contribution >= 4 is 0 Å². The van der Waals surface area contributed by atoms with Crippen LogP contribution in [0.25, 0.3) is 11.1 Å². The van der Waals surface area contributed by atoms with Gasteiger partial charge in [-0.2, -0.15) is 4.39 Å². The van der Waals surface area contributed by atoms with Crippen LogP contribution in [0, 0.1) is 41.0 Å². The highest BCUT2D eigenvalue weighted by Gasteiger charge is 2.31. The number of hydrogen-bond donors (Lipinski definition) is 0. The van der Waals surface area contributed by atoms with Crippen LogP contribution in [-0.2, 0) is 11.2 Å². The van der Waals surface area contributed by atoms with E-state index in [-0.39, 0.29) is 29.0 Å². The third-order valence-electron chi connectivity index (χ3n) is 8.28. The van der Waals surface area contributed by atoms with E-state index in [1.165, 1.54) is 30.7 Å². The maximum atomic E-state index is 14.9. The molecule has 1 aliphatic carbocycles. The van der Waals surface area contributed by atoms with Gasteiger partial charge < -0.3 is 9.47 Å². The molecule has 0 aromatic heterocycles. The number of ether oxygens (including phenoxy) is 2. The summed E-state index contributed by atoms with van der Waals surface area (Å²) in [7, 11) is 0. The third kappa shape index (κ3) is 6.57. The molecule has 2 aromatic rings. The molecular formula is C31H38F4O2. The summed E-state index contributed by atoms with van der Waals surface area (Å²) >= 11 is 0. The van der Waals surface area contributed by atoms with Crippen molar-refractivity contribution in [3.05, 3.63) is 65.8 Å². The molecule has 0 bridgehead atoms. The van der Waals surface area contributed by atoms with Gasteiger partial charge in [0.1, 0.15) is 0 Å². The first-order valence-electron chi connectivity index (χ1n) is 13.7. The van der Waals surface area contributed by atoms with E-state index in [1.807, 2.05) is 6.08 Å². The highest BCUT2D eigenvalue weighted by atomic mass is 19.2. The highest BCUT2D eigenvalue weighted by Crippen LogP contribution is 2.40. The number of benzene rings is 2. The van der Waals surface area contributed by atoms with Crippen molar-refractivity contribution in [1.29, 1.82) is 0 Å². The minimum Gasteiger partial charge on any atom is -0.491 e. The van der Waals surface area contributed by atoms with Gasteiger partial charge in [0.25, 0.3) is 0 Å². The molecule has 0 N–H and O–H groups in total. The molecule has 1 heterocycles. The topological polar surface area (TPSA) is 18.5 Å². The van der Waals surface area contributed by atoms with Crippen LogP contribution < -0.4 is 4.74 Å². The number of hydrogen-bond acceptors (Lipinski definition) is 2. The summed E-state index contributed by atoms with van der Waals surface area (Å²) in [6.07, 6.45) is 12.5. The normalized spacial score (nSPS) is 24.1. The molecule has 2 aromatic carbocycles. The lowest BCUT2D eigenvalue weighted by Crippen LogP contribution is -2.32. The van der Waals surface area contributed by atoms with Crippen LogP contribution >= 0.6 is 0 Å². The van der Waals surface area contributed by atoms with Crippen LogP contribution in [-0.4, -0.2) is 19.3 Å². The van der Waals surface area contributed by atoms with Crippen LogP contribution in [0.5, 0.6) is 5.75 Å². The average molecular weight is 519 g/mol. The van der Waals surface area contributed by atoms with Crippen LogP contribution in [0.3, 0.4) is 0 Å². The summed E-state index contributed by atoms with van der Waals surface area (Å²) in [5.74, 6) is -3.02. The largest absolute Gasteiger partial charge is 0.491 e. The van der Waals surface area contributed by atoms with Crippen molar-refractivity contribution in [1.82, 2.24) is 0 Å². The zero-order chi connectivity index (χ0) is 26.4. The maximum absolute atomic E-state index is 14.9. The van der Waals surface area contributed by atoms with E-state index in [9.17, 15) is 17.6 Å². The molecule has 0 amide bonds. The number of allylic oxidation sites excluding steroid dienone is 1. The Kier molecular flexibility index (Phi) is 9.69. The molecule has 6 heteroatoms. The number of rotatable bonds is 10. The van der Waals surface area contributed by atoms with Gasteiger partial charge in [-0.15, -0.1) is 6.58 Å². The molecule has 2 atom stereocenters. The lowest BCUT2D eigenvalue weighted by Gasteiger charge is -2.38. The Bertz CT molecular complexity index is 1050. The summed E-state index contributed by atoms with van der Waals surface area (Å²) in [5.41, 5.74) is -0.329. The van der Waals surface area contributed by atoms with Crippen molar-refractivity contribution in [2.24, 2.45) is 17.8 Å². The summed E-state index contributed by atoms with van der Waals surface area (Å²) in [6.45, 7) is 6.46. The zero-order valence-electron chi connectivity index (χ0n) is 21.7. The van der Waals surface area contributed by atoms with Crippen molar-refractivity contribution in [3.8, 4) is 16.9 Å². The molecule has 37 heavy (non-hydrogen) atoms. The number of aryl methyl sites for hydroxylation is 1. The van der Waals surface area contributed by atoms with Gasteiger partial charge in [-0.05, 0) is 93.7 Å². The molecule has 4 rings (SSSR count). The Labute approximate surface area is 218 Å². The molecule has 0 spiro atoms. The highest BCUT2D eigenvalue weighted by molar-refractivity contribution is 5.66. The first-order valence-corrected chi connectivity index (χ1v) is 13.7. The maximum Gasteiger partial charge on any atom is 0.201 e. The van der Waals surface area contributed by atoms with Gasteiger partial charge in [0, 0.05) is 11.1 Å². The average Bonchev–Trinajstić information content (AvgIpc) is 2.92. The fourth-order valence-corrected chi connectivity index (χ4v) is 6.03. The SMILES string of the molecule is C=CCCC1CCC(C2CCC(CCc3ccc(-c4ccc(OCC)c(F)c4F)c(F)c3F)CC2)CO1. The fourth-order valence-electron chi connectivity index (χ4n) is 6.03. The smallest absolute Gasteiger partial charge is 0.201 e. The Balaban J connectivity index is 1.30. The van der Waals surface area contributed by atoms with Gasteiger partial charge in [-0.1, -0.05) is 31.1 Å². The van der Waals surface area contributed by atoms with Crippen molar-refractivity contribution < 1.29 is 27.0 Å². The summed E-state index contributed by atoms with van der Waals surface area (Å²) < 4.78 is 69.8. The first kappa shape index (κ1) is 27.7. The van der Waals surface area contributed by atoms with Gasteiger partial charge in [0.15, 0.2) is 23.2 Å². The lowest BCUT2D eigenvalue weighted by atomic mass is 9.72. The Hall–Kier alpha value is -2.34. The molecule has 2 unspecified atom stereocenters. The molecule has 2 nitrogen and oxygen atoms in total. The molecule has 1 saturated heterocycles. The summed E-state index contributed by atoms with van der Waals surface area (Å²) in [5, 5.41) is 0. The van der Waals surface area contributed by atoms with Gasteiger partial charge in [0.05, 0.1) is 19.3 Å². The summed E-state index contributed by atoms with van der Waals surface area (Å²) in [6, 6.07) is 5.29. The molecular weight excluding hydrogens is 480 g/mol. The minimum absolute atomic E-state index is 0.168. The molecule has 2 aliphatic rings. The van der Waals surface area contributed by atoms with E-state index in [4.69, 9.17) is 9.47 Å². The van der Waals surface area contributed by atoms with Crippen molar-refractivity contribution in [2.45, 2.75) is 77.2 Å². The Morgan fingerprint density at radius 3 is 2.16 bits per heavy atom. The van der Waals surface area contributed by atoms with E-state index in [1.54, 1.807) is 6.92 Å². The van der Waals surface area contributed by atoms with Gasteiger partial charge in [0.2, 0.25) is 5.82 Å². The molecule has 0 radical (unpaired) electrons. The first-order chi connectivity index (χ1) is 17.9. The minimum atomic E-state index is -1.25. The van der Waals surface area contributed by atoms with Crippen LogP contribution in [0.1, 0.15) is 70.3 Å². The van der Waals surface area contributed by atoms with Crippen LogP contribution in [0.4, 0.5) is 17.6 Å². The van der Waals surface area contributed by atoms with E-state index < -0.39 is 23.3 Å². The van der Waals surface area contributed by atoms with E-state index in [0.717, 1.165) is 58.0 Å². The quantitative estimate of drug-likeness (QED) is 0.231. The second-order valence-electron chi connectivity index (χ2n) is 10.6. The van der Waals surface area contributed by atoms with Crippen molar-refractivity contribution in [3.63, 3.8) is 0 Å². The van der Waals surface area contributed by atoms with Crippen LogP contribution in [0.2, 0.25) is 0 Å². The second-order valence-corrected chi connectivity index (χ2v) is 10.6. The van der Waals surface area contributed by atoms with Gasteiger partial charge in [-0.3, -0.25) is 0 Å². The monoisotopic (exact) mass is 518 g/mol. The fraction of sp³-hybridized carbons (Fsp3) is 0.548. The Morgan fingerprint density at radius 2 is 1.51 bits per heavy atom.